The molecular weight excluding hydrogens is 296 g/mol. The van der Waals surface area contributed by atoms with Crippen LogP contribution in [0.4, 0.5) is 0 Å². The molecule has 0 radical (unpaired) electrons. The highest BCUT2D eigenvalue weighted by Crippen LogP contribution is 2.39. The summed E-state index contributed by atoms with van der Waals surface area (Å²) in [5, 5.41) is 10.5. The van der Waals surface area contributed by atoms with Crippen LogP contribution < -0.4 is 0 Å². The Morgan fingerprint density at radius 2 is 2.04 bits per heavy atom. The van der Waals surface area contributed by atoms with Gasteiger partial charge in [-0.05, 0) is 25.8 Å². The van der Waals surface area contributed by atoms with Gasteiger partial charge in [0, 0.05) is 0 Å². The average molecular weight is 320 g/mol. The molecule has 2 heterocycles. The third-order valence-corrected chi connectivity index (χ3v) is 4.12. The van der Waals surface area contributed by atoms with Crippen molar-refractivity contribution in [2.45, 2.75) is 63.4 Å². The fourth-order valence-electron chi connectivity index (χ4n) is 3.06. The minimum Gasteiger partial charge on any atom is -0.387 e. The first kappa shape index (κ1) is 16.6. The summed E-state index contributed by atoms with van der Waals surface area (Å²) in [6.45, 7) is 7.84. The van der Waals surface area contributed by atoms with Crippen LogP contribution in [-0.4, -0.2) is 41.6 Å². The molecule has 23 heavy (non-hydrogen) atoms. The molecule has 2 saturated heterocycles. The van der Waals surface area contributed by atoms with Crippen LogP contribution >= 0.6 is 0 Å². The SMILES string of the molecule is C=CCC(OCc1ccccc1)C1OC2OC(C)(C)OC2C1O. The highest BCUT2D eigenvalue weighted by molar-refractivity contribution is 5.13. The molecule has 126 valence electrons. The molecule has 5 unspecified atom stereocenters. The third kappa shape index (κ3) is 3.65. The molecule has 0 saturated carbocycles. The van der Waals surface area contributed by atoms with Gasteiger partial charge in [0.15, 0.2) is 12.1 Å². The predicted octanol–water partition coefficient (Wildman–Crippen LogP) is 2.39. The highest BCUT2D eigenvalue weighted by atomic mass is 16.8. The van der Waals surface area contributed by atoms with Gasteiger partial charge in [-0.2, -0.15) is 0 Å². The topological polar surface area (TPSA) is 57.2 Å². The molecule has 2 fully saturated rings. The molecule has 5 atom stereocenters. The number of benzene rings is 1. The Hall–Kier alpha value is -1.24. The van der Waals surface area contributed by atoms with E-state index in [0.717, 1.165) is 5.56 Å². The van der Waals surface area contributed by atoms with Gasteiger partial charge < -0.3 is 24.1 Å². The van der Waals surface area contributed by atoms with E-state index in [4.69, 9.17) is 18.9 Å². The lowest BCUT2D eigenvalue weighted by Crippen LogP contribution is -2.41. The van der Waals surface area contributed by atoms with Crippen LogP contribution in [0.1, 0.15) is 25.8 Å². The maximum Gasteiger partial charge on any atom is 0.190 e. The maximum absolute atomic E-state index is 10.5. The molecule has 0 bridgehead atoms. The van der Waals surface area contributed by atoms with Gasteiger partial charge in [-0.15, -0.1) is 6.58 Å². The zero-order chi connectivity index (χ0) is 16.4. The normalized spacial score (nSPS) is 33.3. The third-order valence-electron chi connectivity index (χ3n) is 4.12. The minimum atomic E-state index is -0.789. The van der Waals surface area contributed by atoms with Crippen molar-refractivity contribution in [1.29, 1.82) is 0 Å². The summed E-state index contributed by atoms with van der Waals surface area (Å²) in [6.07, 6.45) is -0.280. The lowest BCUT2D eigenvalue weighted by molar-refractivity contribution is -0.229. The van der Waals surface area contributed by atoms with Crippen LogP contribution in [0.3, 0.4) is 0 Å². The van der Waals surface area contributed by atoms with Crippen LogP contribution in [0.5, 0.6) is 0 Å². The van der Waals surface area contributed by atoms with Crippen molar-refractivity contribution in [1.82, 2.24) is 0 Å². The standard InChI is InChI=1S/C18H24O5/c1-4-8-13(20-11-12-9-6-5-7-10-12)15-14(19)16-17(21-15)23-18(2,3)22-16/h4-7,9-10,13-17,19H,1,8,11H2,2-3H3. The molecule has 1 aromatic rings. The van der Waals surface area contributed by atoms with E-state index in [9.17, 15) is 5.11 Å². The maximum atomic E-state index is 10.5. The van der Waals surface area contributed by atoms with Crippen molar-refractivity contribution in [3.05, 3.63) is 48.6 Å². The fourth-order valence-corrected chi connectivity index (χ4v) is 3.06. The Labute approximate surface area is 136 Å². The van der Waals surface area contributed by atoms with Crippen molar-refractivity contribution in [2.75, 3.05) is 0 Å². The molecule has 0 amide bonds. The summed E-state index contributed by atoms with van der Waals surface area (Å²) in [6, 6.07) is 9.90. The molecule has 1 N–H and O–H groups in total. The number of ether oxygens (including phenoxy) is 4. The number of fused-ring (bicyclic) bond motifs is 1. The van der Waals surface area contributed by atoms with Gasteiger partial charge >= 0.3 is 0 Å². The summed E-state index contributed by atoms with van der Waals surface area (Å²) in [5.41, 5.74) is 1.07. The van der Waals surface area contributed by atoms with Crippen molar-refractivity contribution in [3.8, 4) is 0 Å². The van der Waals surface area contributed by atoms with E-state index in [1.807, 2.05) is 44.2 Å². The lowest BCUT2D eigenvalue weighted by Gasteiger charge is -2.28. The van der Waals surface area contributed by atoms with E-state index in [0.29, 0.717) is 13.0 Å². The summed E-state index contributed by atoms with van der Waals surface area (Å²) in [5.74, 6) is -0.736. The van der Waals surface area contributed by atoms with Crippen molar-refractivity contribution in [3.63, 3.8) is 0 Å². The molecule has 1 aromatic carbocycles. The van der Waals surface area contributed by atoms with E-state index in [1.165, 1.54) is 0 Å². The number of rotatable bonds is 6. The minimum absolute atomic E-state index is 0.302. The van der Waals surface area contributed by atoms with Gasteiger partial charge in [-0.25, -0.2) is 0 Å². The van der Waals surface area contributed by atoms with Crippen LogP contribution in [0, 0.1) is 0 Å². The van der Waals surface area contributed by atoms with Gasteiger partial charge in [-0.3, -0.25) is 0 Å². The lowest BCUT2D eigenvalue weighted by atomic mass is 10.0. The molecule has 0 spiro atoms. The quantitative estimate of drug-likeness (QED) is 0.816. The Bertz CT molecular complexity index is 529. The highest BCUT2D eigenvalue weighted by Gasteiger charge is 2.56. The number of aliphatic hydroxyl groups excluding tert-OH is 1. The van der Waals surface area contributed by atoms with Crippen molar-refractivity contribution >= 4 is 0 Å². The number of hydrogen-bond acceptors (Lipinski definition) is 5. The monoisotopic (exact) mass is 320 g/mol. The Balaban J connectivity index is 1.64. The predicted molar refractivity (Wildman–Crippen MR) is 84.5 cm³/mol. The van der Waals surface area contributed by atoms with Gasteiger partial charge in [0.25, 0.3) is 0 Å². The van der Waals surface area contributed by atoms with Crippen LogP contribution in [0.2, 0.25) is 0 Å². The van der Waals surface area contributed by atoms with Crippen LogP contribution in [0.25, 0.3) is 0 Å². The Morgan fingerprint density at radius 3 is 2.70 bits per heavy atom. The first-order chi connectivity index (χ1) is 11.0. The zero-order valence-electron chi connectivity index (χ0n) is 13.6. The van der Waals surface area contributed by atoms with E-state index in [-0.39, 0.29) is 6.10 Å². The van der Waals surface area contributed by atoms with Crippen LogP contribution in [-0.2, 0) is 25.6 Å². The second-order valence-corrected chi connectivity index (χ2v) is 6.42. The molecule has 5 nitrogen and oxygen atoms in total. The Kier molecular flexibility index (Phi) is 4.85. The van der Waals surface area contributed by atoms with E-state index >= 15 is 0 Å². The van der Waals surface area contributed by atoms with Gasteiger partial charge in [0.2, 0.25) is 0 Å². The first-order valence-electron chi connectivity index (χ1n) is 7.96. The second-order valence-electron chi connectivity index (χ2n) is 6.42. The molecule has 2 aliphatic heterocycles. The van der Waals surface area contributed by atoms with E-state index in [2.05, 4.69) is 6.58 Å². The molecular formula is C18H24O5. The number of aliphatic hydroxyl groups is 1. The average Bonchev–Trinajstić information content (AvgIpc) is 2.98. The summed E-state index contributed by atoms with van der Waals surface area (Å²) < 4.78 is 23.2. The van der Waals surface area contributed by atoms with Crippen molar-refractivity contribution in [2.24, 2.45) is 0 Å². The zero-order valence-corrected chi connectivity index (χ0v) is 13.6. The summed E-state index contributed by atoms with van der Waals surface area (Å²) >= 11 is 0. The summed E-state index contributed by atoms with van der Waals surface area (Å²) in [7, 11) is 0. The Morgan fingerprint density at radius 1 is 1.30 bits per heavy atom. The van der Waals surface area contributed by atoms with Gasteiger partial charge in [0.05, 0.1) is 12.7 Å². The molecule has 0 aliphatic carbocycles. The molecule has 0 aromatic heterocycles. The largest absolute Gasteiger partial charge is 0.387 e. The first-order valence-corrected chi connectivity index (χ1v) is 7.96. The summed E-state index contributed by atoms with van der Waals surface area (Å²) in [4.78, 5) is 0. The van der Waals surface area contributed by atoms with Gasteiger partial charge in [0.1, 0.15) is 18.3 Å². The molecule has 2 aliphatic rings. The van der Waals surface area contributed by atoms with Crippen molar-refractivity contribution < 1.29 is 24.1 Å². The van der Waals surface area contributed by atoms with Crippen LogP contribution in [0.15, 0.2) is 43.0 Å². The van der Waals surface area contributed by atoms with E-state index < -0.39 is 30.4 Å². The van der Waals surface area contributed by atoms with E-state index in [1.54, 1.807) is 6.08 Å². The molecule has 5 heteroatoms. The smallest absolute Gasteiger partial charge is 0.190 e. The fraction of sp³-hybridized carbons (Fsp3) is 0.556. The molecule has 3 rings (SSSR count). The van der Waals surface area contributed by atoms with Gasteiger partial charge in [-0.1, -0.05) is 36.4 Å². The number of hydrogen-bond donors (Lipinski definition) is 1. The second kappa shape index (κ2) is 6.71.